The topological polar surface area (TPSA) is 49.5 Å². The largest absolute Gasteiger partial charge is 0.399 e. The average molecular weight is 241 g/mol. The van der Waals surface area contributed by atoms with Crippen molar-refractivity contribution in [3.05, 3.63) is 28.8 Å². The van der Waals surface area contributed by atoms with E-state index in [-0.39, 0.29) is 6.61 Å². The first-order valence-corrected chi connectivity index (χ1v) is 5.94. The molecule has 1 saturated heterocycles. The molecular weight excluding hydrogens is 224 g/mol. The molecule has 3 nitrogen and oxygen atoms in total. The van der Waals surface area contributed by atoms with E-state index in [9.17, 15) is 0 Å². The van der Waals surface area contributed by atoms with E-state index in [1.165, 1.54) is 0 Å². The third-order valence-electron chi connectivity index (χ3n) is 3.09. The molecule has 3 N–H and O–H groups in total. The van der Waals surface area contributed by atoms with Gasteiger partial charge in [-0.1, -0.05) is 11.6 Å². The van der Waals surface area contributed by atoms with Crippen molar-refractivity contribution >= 4 is 17.3 Å². The van der Waals surface area contributed by atoms with Crippen molar-refractivity contribution in [2.24, 2.45) is 5.92 Å². The zero-order valence-electron chi connectivity index (χ0n) is 9.19. The lowest BCUT2D eigenvalue weighted by Gasteiger charge is -2.16. The Morgan fingerprint density at radius 3 is 3.00 bits per heavy atom. The van der Waals surface area contributed by atoms with E-state index in [1.54, 1.807) is 0 Å². The fourth-order valence-electron chi connectivity index (χ4n) is 2.16. The molecule has 1 aliphatic heterocycles. The Hall–Kier alpha value is -0.770. The molecule has 0 radical (unpaired) electrons. The maximum Gasteiger partial charge on any atom is 0.0471 e. The highest BCUT2D eigenvalue weighted by Crippen LogP contribution is 2.23. The third kappa shape index (κ3) is 2.67. The van der Waals surface area contributed by atoms with Gasteiger partial charge in [-0.2, -0.15) is 0 Å². The second-order valence-electron chi connectivity index (χ2n) is 4.42. The summed E-state index contributed by atoms with van der Waals surface area (Å²) in [7, 11) is 0. The van der Waals surface area contributed by atoms with Gasteiger partial charge in [-0.15, -0.1) is 0 Å². The molecular formula is C12H17ClN2O. The van der Waals surface area contributed by atoms with Crippen molar-refractivity contribution in [1.29, 1.82) is 0 Å². The molecule has 1 aliphatic rings. The van der Waals surface area contributed by atoms with Gasteiger partial charge < -0.3 is 10.8 Å². The number of benzene rings is 1. The minimum absolute atomic E-state index is 0.279. The lowest BCUT2D eigenvalue weighted by atomic mass is 10.1. The number of likely N-dealkylation sites (tertiary alicyclic amines) is 1. The summed E-state index contributed by atoms with van der Waals surface area (Å²) in [6, 6.07) is 5.58. The molecule has 0 amide bonds. The normalized spacial score (nSPS) is 21.5. The van der Waals surface area contributed by atoms with Gasteiger partial charge in [0.05, 0.1) is 0 Å². The summed E-state index contributed by atoms with van der Waals surface area (Å²) < 4.78 is 0. The van der Waals surface area contributed by atoms with Gasteiger partial charge in [0.1, 0.15) is 0 Å². The number of nitrogens with zero attached hydrogens (tertiary/aromatic N) is 1. The minimum Gasteiger partial charge on any atom is -0.399 e. The van der Waals surface area contributed by atoms with Crippen molar-refractivity contribution in [2.75, 3.05) is 25.4 Å². The molecule has 1 fully saturated rings. The average Bonchev–Trinajstić information content (AvgIpc) is 2.71. The van der Waals surface area contributed by atoms with Gasteiger partial charge in [0.25, 0.3) is 0 Å². The molecule has 2 rings (SSSR count). The van der Waals surface area contributed by atoms with Crippen LogP contribution in [0.3, 0.4) is 0 Å². The summed E-state index contributed by atoms with van der Waals surface area (Å²) in [6.07, 6.45) is 1.07. The molecule has 1 unspecified atom stereocenters. The van der Waals surface area contributed by atoms with Crippen LogP contribution in [0.2, 0.25) is 5.02 Å². The highest BCUT2D eigenvalue weighted by atomic mass is 35.5. The zero-order chi connectivity index (χ0) is 11.5. The predicted molar refractivity (Wildman–Crippen MR) is 66.3 cm³/mol. The van der Waals surface area contributed by atoms with Crippen LogP contribution in [0.15, 0.2) is 18.2 Å². The molecule has 0 aromatic heterocycles. The van der Waals surface area contributed by atoms with E-state index in [4.69, 9.17) is 22.4 Å². The summed E-state index contributed by atoms with van der Waals surface area (Å²) in [6.45, 7) is 3.07. The lowest BCUT2D eigenvalue weighted by Crippen LogP contribution is -2.21. The zero-order valence-corrected chi connectivity index (χ0v) is 9.95. The van der Waals surface area contributed by atoms with Gasteiger partial charge in [-0.3, -0.25) is 4.90 Å². The van der Waals surface area contributed by atoms with Crippen molar-refractivity contribution in [3.8, 4) is 0 Å². The molecule has 0 aliphatic carbocycles. The fourth-order valence-corrected chi connectivity index (χ4v) is 2.34. The van der Waals surface area contributed by atoms with Crippen LogP contribution in [-0.2, 0) is 6.54 Å². The number of halogens is 1. The molecule has 1 aromatic rings. The van der Waals surface area contributed by atoms with E-state index in [2.05, 4.69) is 4.90 Å². The van der Waals surface area contributed by atoms with E-state index in [0.717, 1.165) is 42.3 Å². The van der Waals surface area contributed by atoms with Crippen molar-refractivity contribution in [1.82, 2.24) is 4.90 Å². The Balaban J connectivity index is 2.01. The van der Waals surface area contributed by atoms with E-state index < -0.39 is 0 Å². The minimum atomic E-state index is 0.279. The number of anilines is 1. The highest BCUT2D eigenvalue weighted by molar-refractivity contribution is 6.31. The van der Waals surface area contributed by atoms with Gasteiger partial charge in [0.15, 0.2) is 0 Å². The van der Waals surface area contributed by atoms with Crippen LogP contribution in [0, 0.1) is 5.92 Å². The van der Waals surface area contributed by atoms with Gasteiger partial charge in [-0.05, 0) is 42.6 Å². The molecule has 1 atom stereocenters. The first kappa shape index (κ1) is 11.7. The molecule has 0 bridgehead atoms. The summed E-state index contributed by atoms with van der Waals surface area (Å²) in [5, 5.41) is 9.84. The van der Waals surface area contributed by atoms with E-state index >= 15 is 0 Å². The number of hydrogen-bond acceptors (Lipinski definition) is 3. The van der Waals surface area contributed by atoms with Crippen LogP contribution in [0.1, 0.15) is 12.0 Å². The molecule has 16 heavy (non-hydrogen) atoms. The van der Waals surface area contributed by atoms with Crippen LogP contribution in [0.4, 0.5) is 5.69 Å². The second-order valence-corrected chi connectivity index (χ2v) is 4.83. The standard InChI is InChI=1S/C12H17ClN2O/c13-12-2-1-11(14)5-10(12)7-15-4-3-9(6-15)8-16/h1-2,5,9,16H,3-4,6-8,14H2. The molecule has 88 valence electrons. The first-order valence-electron chi connectivity index (χ1n) is 5.56. The number of aliphatic hydroxyl groups excluding tert-OH is 1. The Kier molecular flexibility index (Phi) is 3.69. The van der Waals surface area contributed by atoms with Gasteiger partial charge in [-0.25, -0.2) is 0 Å². The lowest BCUT2D eigenvalue weighted by molar-refractivity contribution is 0.220. The van der Waals surface area contributed by atoms with Crippen LogP contribution in [0.5, 0.6) is 0 Å². The third-order valence-corrected chi connectivity index (χ3v) is 3.46. The van der Waals surface area contributed by atoms with E-state index in [1.807, 2.05) is 18.2 Å². The number of rotatable bonds is 3. The maximum atomic E-state index is 9.08. The molecule has 1 aromatic carbocycles. The number of nitrogen functional groups attached to an aromatic ring is 1. The van der Waals surface area contributed by atoms with Gasteiger partial charge in [0, 0.05) is 30.4 Å². The molecule has 0 saturated carbocycles. The number of aliphatic hydroxyl groups is 1. The Labute approximate surface area is 101 Å². The fraction of sp³-hybridized carbons (Fsp3) is 0.500. The summed E-state index contributed by atoms with van der Waals surface area (Å²) >= 11 is 6.11. The van der Waals surface area contributed by atoms with Crippen molar-refractivity contribution in [3.63, 3.8) is 0 Å². The van der Waals surface area contributed by atoms with Crippen molar-refractivity contribution in [2.45, 2.75) is 13.0 Å². The summed E-state index contributed by atoms with van der Waals surface area (Å²) in [5.74, 6) is 0.417. The van der Waals surface area contributed by atoms with Crippen molar-refractivity contribution < 1.29 is 5.11 Å². The number of nitrogens with two attached hydrogens (primary N) is 1. The first-order chi connectivity index (χ1) is 7.69. The van der Waals surface area contributed by atoms with Crippen LogP contribution in [0.25, 0.3) is 0 Å². The summed E-state index contributed by atoms with van der Waals surface area (Å²) in [5.41, 5.74) is 7.56. The maximum absolute atomic E-state index is 9.08. The highest BCUT2D eigenvalue weighted by Gasteiger charge is 2.22. The molecule has 4 heteroatoms. The van der Waals surface area contributed by atoms with Crippen LogP contribution in [-0.4, -0.2) is 29.7 Å². The predicted octanol–water partition coefficient (Wildman–Crippen LogP) is 1.74. The summed E-state index contributed by atoms with van der Waals surface area (Å²) in [4.78, 5) is 2.31. The SMILES string of the molecule is Nc1ccc(Cl)c(CN2CCC(CO)C2)c1. The Bertz CT molecular complexity index is 370. The molecule has 0 spiro atoms. The second kappa shape index (κ2) is 5.04. The Morgan fingerprint density at radius 1 is 1.50 bits per heavy atom. The van der Waals surface area contributed by atoms with Crippen LogP contribution < -0.4 is 5.73 Å². The Morgan fingerprint density at radius 2 is 2.31 bits per heavy atom. The van der Waals surface area contributed by atoms with Crippen LogP contribution >= 0.6 is 11.6 Å². The van der Waals surface area contributed by atoms with Gasteiger partial charge >= 0.3 is 0 Å². The molecule has 1 heterocycles. The quantitative estimate of drug-likeness (QED) is 0.792. The van der Waals surface area contributed by atoms with Gasteiger partial charge in [0.2, 0.25) is 0 Å². The monoisotopic (exact) mass is 240 g/mol. The number of hydrogen-bond donors (Lipinski definition) is 2. The van der Waals surface area contributed by atoms with E-state index in [0.29, 0.717) is 5.92 Å². The smallest absolute Gasteiger partial charge is 0.0471 e.